The summed E-state index contributed by atoms with van der Waals surface area (Å²) < 4.78 is 5.59. The van der Waals surface area contributed by atoms with E-state index >= 15 is 0 Å². The monoisotopic (exact) mass is 309 g/mol. The third-order valence-electron chi connectivity index (χ3n) is 4.69. The molecule has 0 radical (unpaired) electrons. The Bertz CT molecular complexity index is 466. The molecule has 1 N–H and O–H groups in total. The predicted octanol–water partition coefficient (Wildman–Crippen LogP) is 4.65. The second-order valence-corrected chi connectivity index (χ2v) is 7.27. The van der Waals surface area contributed by atoms with Crippen LogP contribution < -0.4 is 10.1 Å². The molecule has 0 aliphatic heterocycles. The van der Waals surface area contributed by atoms with Crippen molar-refractivity contribution < 1.29 is 4.74 Å². The highest BCUT2D eigenvalue weighted by Crippen LogP contribution is 2.51. The second-order valence-electron chi connectivity index (χ2n) is 6.83. The molecule has 0 spiro atoms. The lowest BCUT2D eigenvalue weighted by Gasteiger charge is -2.49. The van der Waals surface area contributed by atoms with E-state index in [1.807, 2.05) is 12.1 Å². The molecule has 0 amide bonds. The summed E-state index contributed by atoms with van der Waals surface area (Å²) in [7, 11) is 1.75. The predicted molar refractivity (Wildman–Crippen MR) is 90.4 cm³/mol. The molecule has 0 heterocycles. The first-order valence-electron chi connectivity index (χ1n) is 8.05. The number of hydrogen-bond donors (Lipinski definition) is 1. The topological polar surface area (TPSA) is 21.3 Å². The molecule has 0 atom stereocenters. The number of halogens is 1. The number of hydrogen-bond acceptors (Lipinski definition) is 2. The van der Waals surface area contributed by atoms with E-state index in [1.165, 1.54) is 24.8 Å². The molecule has 0 unspecified atom stereocenters. The van der Waals surface area contributed by atoms with E-state index in [1.54, 1.807) is 7.11 Å². The molecule has 1 aliphatic rings. The molecule has 1 saturated carbocycles. The van der Waals surface area contributed by atoms with Gasteiger partial charge in [0.15, 0.2) is 0 Å². The minimum absolute atomic E-state index is 0.186. The molecular weight excluding hydrogens is 282 g/mol. The number of benzene rings is 1. The summed E-state index contributed by atoms with van der Waals surface area (Å²) in [5.74, 6) is 2.47. The molecule has 1 fully saturated rings. The van der Waals surface area contributed by atoms with E-state index in [2.05, 4.69) is 32.2 Å². The maximum Gasteiger partial charge on any atom is 0.122 e. The normalized spacial score (nSPS) is 25.0. The number of methoxy groups -OCH3 is 1. The molecule has 3 heteroatoms. The second kappa shape index (κ2) is 7.02. The first-order chi connectivity index (χ1) is 10.0. The van der Waals surface area contributed by atoms with E-state index in [0.29, 0.717) is 5.92 Å². The molecule has 0 aromatic heterocycles. The van der Waals surface area contributed by atoms with Crippen LogP contribution in [-0.2, 0) is 5.41 Å². The van der Waals surface area contributed by atoms with Gasteiger partial charge in [-0.25, -0.2) is 0 Å². The summed E-state index contributed by atoms with van der Waals surface area (Å²) in [4.78, 5) is 0. The van der Waals surface area contributed by atoms with Gasteiger partial charge in [0.1, 0.15) is 5.75 Å². The maximum atomic E-state index is 6.24. The SMILES string of the molecule is CCC1CC(CNCC(C)C)(c2cc(Cl)ccc2OC)C1. The quantitative estimate of drug-likeness (QED) is 0.791. The summed E-state index contributed by atoms with van der Waals surface area (Å²) >= 11 is 6.24. The molecule has 1 aromatic rings. The summed E-state index contributed by atoms with van der Waals surface area (Å²) in [6.45, 7) is 8.84. The minimum atomic E-state index is 0.186. The highest BCUT2D eigenvalue weighted by molar-refractivity contribution is 6.30. The molecule has 2 nitrogen and oxygen atoms in total. The smallest absolute Gasteiger partial charge is 0.122 e. The Kier molecular flexibility index (Phi) is 5.56. The van der Waals surface area contributed by atoms with Crippen molar-refractivity contribution in [1.29, 1.82) is 0 Å². The van der Waals surface area contributed by atoms with Crippen LogP contribution in [0.15, 0.2) is 18.2 Å². The van der Waals surface area contributed by atoms with Gasteiger partial charge in [-0.05, 0) is 49.4 Å². The zero-order valence-electron chi connectivity index (χ0n) is 13.7. The van der Waals surface area contributed by atoms with Crippen LogP contribution in [0.25, 0.3) is 0 Å². The van der Waals surface area contributed by atoms with E-state index in [4.69, 9.17) is 16.3 Å². The summed E-state index contributed by atoms with van der Waals surface area (Å²) in [5.41, 5.74) is 1.46. The van der Waals surface area contributed by atoms with Crippen molar-refractivity contribution in [1.82, 2.24) is 5.32 Å². The summed E-state index contributed by atoms with van der Waals surface area (Å²) in [6.07, 6.45) is 3.71. The van der Waals surface area contributed by atoms with E-state index in [-0.39, 0.29) is 5.41 Å². The van der Waals surface area contributed by atoms with Crippen molar-refractivity contribution in [2.75, 3.05) is 20.2 Å². The van der Waals surface area contributed by atoms with Gasteiger partial charge in [-0.2, -0.15) is 0 Å². The minimum Gasteiger partial charge on any atom is -0.496 e. The van der Waals surface area contributed by atoms with Crippen LogP contribution in [0.3, 0.4) is 0 Å². The fourth-order valence-electron chi connectivity index (χ4n) is 3.49. The number of nitrogens with one attached hydrogen (secondary N) is 1. The average Bonchev–Trinajstić information content (AvgIpc) is 2.41. The van der Waals surface area contributed by atoms with Crippen LogP contribution in [-0.4, -0.2) is 20.2 Å². The van der Waals surface area contributed by atoms with Gasteiger partial charge in [0.2, 0.25) is 0 Å². The molecule has 21 heavy (non-hydrogen) atoms. The first-order valence-corrected chi connectivity index (χ1v) is 8.43. The molecule has 0 saturated heterocycles. The van der Waals surface area contributed by atoms with Gasteiger partial charge in [0.25, 0.3) is 0 Å². The van der Waals surface area contributed by atoms with Crippen molar-refractivity contribution in [2.45, 2.75) is 45.4 Å². The highest BCUT2D eigenvalue weighted by Gasteiger charge is 2.45. The maximum absolute atomic E-state index is 6.24. The summed E-state index contributed by atoms with van der Waals surface area (Å²) in [5, 5.41) is 4.44. The van der Waals surface area contributed by atoms with Gasteiger partial charge in [-0.1, -0.05) is 38.8 Å². The van der Waals surface area contributed by atoms with Crippen LogP contribution in [0.5, 0.6) is 5.75 Å². The molecule has 0 bridgehead atoms. The van der Waals surface area contributed by atoms with Crippen LogP contribution in [0.2, 0.25) is 5.02 Å². The third kappa shape index (κ3) is 3.73. The number of ether oxygens (including phenoxy) is 1. The Labute approximate surface area is 134 Å². The molecule has 1 aromatic carbocycles. The van der Waals surface area contributed by atoms with Crippen molar-refractivity contribution in [3.8, 4) is 5.75 Å². The lowest BCUT2D eigenvalue weighted by Crippen LogP contribution is -2.49. The lowest BCUT2D eigenvalue weighted by molar-refractivity contribution is 0.129. The Morgan fingerprint density at radius 2 is 2.10 bits per heavy atom. The van der Waals surface area contributed by atoms with Gasteiger partial charge in [0, 0.05) is 22.5 Å². The van der Waals surface area contributed by atoms with Gasteiger partial charge < -0.3 is 10.1 Å². The van der Waals surface area contributed by atoms with Crippen molar-refractivity contribution in [3.05, 3.63) is 28.8 Å². The first kappa shape index (κ1) is 16.6. The van der Waals surface area contributed by atoms with Gasteiger partial charge in [-0.15, -0.1) is 0 Å². The highest BCUT2D eigenvalue weighted by atomic mass is 35.5. The largest absolute Gasteiger partial charge is 0.496 e. The Morgan fingerprint density at radius 1 is 1.38 bits per heavy atom. The van der Waals surface area contributed by atoms with Gasteiger partial charge in [-0.3, -0.25) is 0 Å². The average molecular weight is 310 g/mol. The van der Waals surface area contributed by atoms with Crippen LogP contribution in [0.1, 0.15) is 45.6 Å². The van der Waals surface area contributed by atoms with Crippen LogP contribution >= 0.6 is 11.6 Å². The van der Waals surface area contributed by atoms with Crippen molar-refractivity contribution in [2.24, 2.45) is 11.8 Å². The Morgan fingerprint density at radius 3 is 2.67 bits per heavy atom. The standard InChI is InChI=1S/C18H28ClNO/c1-5-14-9-18(10-14,12-20-11-13(2)3)16-8-15(19)6-7-17(16)21-4/h6-8,13-14,20H,5,9-12H2,1-4H3. The Hall–Kier alpha value is -0.730. The van der Waals surface area contributed by atoms with E-state index in [9.17, 15) is 0 Å². The van der Waals surface area contributed by atoms with Crippen molar-refractivity contribution >= 4 is 11.6 Å². The molecule has 118 valence electrons. The zero-order valence-corrected chi connectivity index (χ0v) is 14.5. The van der Waals surface area contributed by atoms with E-state index in [0.717, 1.165) is 29.8 Å². The lowest BCUT2D eigenvalue weighted by atomic mass is 9.57. The zero-order chi connectivity index (χ0) is 15.5. The van der Waals surface area contributed by atoms with E-state index < -0.39 is 0 Å². The third-order valence-corrected chi connectivity index (χ3v) is 4.92. The fraction of sp³-hybridized carbons (Fsp3) is 0.667. The van der Waals surface area contributed by atoms with Crippen LogP contribution in [0.4, 0.5) is 0 Å². The summed E-state index contributed by atoms with van der Waals surface area (Å²) in [6, 6.07) is 6.01. The fourth-order valence-corrected chi connectivity index (χ4v) is 3.66. The van der Waals surface area contributed by atoms with Gasteiger partial charge >= 0.3 is 0 Å². The van der Waals surface area contributed by atoms with Crippen LogP contribution in [0, 0.1) is 11.8 Å². The molecular formula is C18H28ClNO. The molecule has 2 rings (SSSR count). The van der Waals surface area contributed by atoms with Gasteiger partial charge in [0.05, 0.1) is 7.11 Å². The Balaban J connectivity index is 2.22. The number of rotatable bonds is 7. The van der Waals surface area contributed by atoms with Crippen molar-refractivity contribution in [3.63, 3.8) is 0 Å². The molecule has 1 aliphatic carbocycles.